The van der Waals surface area contributed by atoms with Crippen LogP contribution < -0.4 is 9.47 Å². The average molecular weight is 1080 g/mol. The lowest BCUT2D eigenvalue weighted by Gasteiger charge is -2.42. The molecule has 2 N–H and O–H groups in total. The lowest BCUT2D eigenvalue weighted by molar-refractivity contribution is -0.140. The van der Waals surface area contributed by atoms with Crippen LogP contribution >= 0.6 is 23.2 Å². The summed E-state index contributed by atoms with van der Waals surface area (Å²) in [6.45, 7) is 6.78. The number of hydrogen-bond donors (Lipinski definition) is 2. The van der Waals surface area contributed by atoms with Crippen LogP contribution in [-0.4, -0.2) is 128 Å². The number of amides is 2. The summed E-state index contributed by atoms with van der Waals surface area (Å²) in [7, 11) is 0. The van der Waals surface area contributed by atoms with Crippen molar-refractivity contribution < 1.29 is 19.1 Å². The summed E-state index contributed by atoms with van der Waals surface area (Å²) in [6.07, 6.45) is 17.4. The van der Waals surface area contributed by atoms with Crippen molar-refractivity contribution in [3.8, 4) is 33.8 Å². The van der Waals surface area contributed by atoms with Crippen LogP contribution in [0.2, 0.25) is 10.0 Å². The van der Waals surface area contributed by atoms with Crippen molar-refractivity contribution in [2.75, 3.05) is 52.4 Å². The topological polar surface area (TPSA) is 123 Å². The molecule has 4 aromatic heterocycles. The van der Waals surface area contributed by atoms with E-state index in [-0.39, 0.29) is 11.8 Å². The van der Waals surface area contributed by atoms with E-state index in [9.17, 15) is 9.59 Å². The zero-order valence-corrected chi connectivity index (χ0v) is 45.5. The second-order valence-electron chi connectivity index (χ2n) is 22.3. The highest BCUT2D eigenvalue weighted by molar-refractivity contribution is 6.31. The van der Waals surface area contributed by atoms with E-state index in [4.69, 9.17) is 32.7 Å². The number of ether oxygens (including phenoxy) is 2. The van der Waals surface area contributed by atoms with Gasteiger partial charge in [-0.05, 0) is 134 Å². The van der Waals surface area contributed by atoms with E-state index in [1.807, 2.05) is 70.7 Å². The number of aromatic nitrogens is 4. The summed E-state index contributed by atoms with van der Waals surface area (Å²) in [5, 5.41) is 3.32. The van der Waals surface area contributed by atoms with Gasteiger partial charge in [0.05, 0.1) is 0 Å². The second-order valence-corrected chi connectivity index (χ2v) is 23.1. The third-order valence-electron chi connectivity index (χ3n) is 17.9. The Morgan fingerprint density at radius 3 is 1.27 bits per heavy atom. The molecule has 4 aromatic carbocycles. The highest BCUT2D eigenvalue weighted by Crippen LogP contribution is 2.46. The van der Waals surface area contributed by atoms with Gasteiger partial charge in [0.25, 0.3) is 11.8 Å². The number of fused-ring (bicyclic) bond motifs is 4. The van der Waals surface area contributed by atoms with Crippen molar-refractivity contribution in [3.63, 3.8) is 0 Å². The van der Waals surface area contributed by atoms with Crippen LogP contribution in [0.25, 0.3) is 44.3 Å². The van der Waals surface area contributed by atoms with E-state index in [2.05, 4.69) is 90.4 Å². The standard InChI is InChI=1S/2C32H33ClN4O2/c2*33-24-18-23-19-29(39-30(23)28(20-24)26-10-12-34-31-27(26)11-13-35-31)32(38)37-16-14-36(15-17-37)25-8-6-22(7-9-25)21-4-2-1-3-5-21/h2*1-5,10-13,18,20,22,25,29H,6-9,14-17,19H2,(H,34,35). The minimum absolute atomic E-state index is 0.0854. The van der Waals surface area contributed by atoms with E-state index in [1.54, 1.807) is 12.4 Å². The predicted molar refractivity (Wildman–Crippen MR) is 309 cm³/mol. The van der Waals surface area contributed by atoms with Crippen LogP contribution in [0.15, 0.2) is 134 Å². The number of piperazine rings is 2. The van der Waals surface area contributed by atoms with Gasteiger partial charge < -0.3 is 29.2 Å². The number of carbonyl (C=O) groups is 2. The minimum Gasteiger partial charge on any atom is -0.479 e. The lowest BCUT2D eigenvalue weighted by atomic mass is 9.81. The zero-order valence-electron chi connectivity index (χ0n) is 44.0. The Labute approximate surface area is 466 Å². The predicted octanol–water partition coefficient (Wildman–Crippen LogP) is 12.1. The highest BCUT2D eigenvalue weighted by atomic mass is 35.5. The van der Waals surface area contributed by atoms with Crippen LogP contribution in [0, 0.1) is 0 Å². The molecule has 14 rings (SSSR count). The lowest BCUT2D eigenvalue weighted by Crippen LogP contribution is -2.54. The number of aromatic amines is 2. The summed E-state index contributed by atoms with van der Waals surface area (Å²) >= 11 is 13.1. The number of H-pyrrole nitrogens is 2. The van der Waals surface area contributed by atoms with Gasteiger partial charge in [0.1, 0.15) is 22.8 Å². The average Bonchev–Trinajstić information content (AvgIpc) is 4.44. The number of pyridine rings is 2. The number of hydrogen-bond acceptors (Lipinski definition) is 8. The number of nitrogens with zero attached hydrogens (tertiary/aromatic N) is 6. The number of nitrogens with one attached hydrogen (secondary N) is 2. The fourth-order valence-corrected chi connectivity index (χ4v) is 14.2. The first-order valence-corrected chi connectivity index (χ1v) is 29.0. The molecule has 2 saturated carbocycles. The third kappa shape index (κ3) is 10.3. The molecule has 4 fully saturated rings. The van der Waals surface area contributed by atoms with Crippen molar-refractivity contribution in [1.82, 2.24) is 39.5 Å². The van der Waals surface area contributed by atoms with Gasteiger partial charge in [-0.3, -0.25) is 19.4 Å². The summed E-state index contributed by atoms with van der Waals surface area (Å²) in [5.74, 6) is 3.07. The van der Waals surface area contributed by atoms with Crippen LogP contribution in [-0.2, 0) is 22.4 Å². The monoisotopic (exact) mass is 1080 g/mol. The summed E-state index contributed by atoms with van der Waals surface area (Å²) in [6, 6.07) is 38.9. The zero-order chi connectivity index (χ0) is 52.7. The molecule has 12 nitrogen and oxygen atoms in total. The molecular weight excluding hydrogens is 1020 g/mol. The van der Waals surface area contributed by atoms with Crippen LogP contribution in [0.5, 0.6) is 11.5 Å². The largest absolute Gasteiger partial charge is 0.479 e. The molecule has 78 heavy (non-hydrogen) atoms. The SMILES string of the molecule is O=C(C1Cc2cc(Cl)cc(-c3ccnc4[nH]ccc34)c2O1)N1CCN(C2CCC(c3ccccc3)CC2)CC1.O=C(C1Cc2cc(Cl)cc(-c3ccnc4[nH]ccc34)c2O1)N1CCN(C2CCC(c3ccccc3)CC2)CC1. The van der Waals surface area contributed by atoms with Crippen molar-refractivity contribution in [1.29, 1.82) is 0 Å². The summed E-state index contributed by atoms with van der Waals surface area (Å²) in [4.78, 5) is 51.6. The summed E-state index contributed by atoms with van der Waals surface area (Å²) < 4.78 is 12.8. The molecule has 0 bridgehead atoms. The van der Waals surface area contributed by atoms with Gasteiger partial charge in [0.2, 0.25) is 0 Å². The fraction of sp³-hybridized carbons (Fsp3) is 0.375. The Morgan fingerprint density at radius 2 is 0.872 bits per heavy atom. The van der Waals surface area contributed by atoms with Gasteiger partial charge in [-0.2, -0.15) is 0 Å². The van der Waals surface area contributed by atoms with Crippen molar-refractivity contribution >= 4 is 57.1 Å². The van der Waals surface area contributed by atoms with Crippen LogP contribution in [0.4, 0.5) is 0 Å². The number of rotatable bonds is 8. The molecule has 2 unspecified atom stereocenters. The molecule has 2 aliphatic carbocycles. The van der Waals surface area contributed by atoms with Gasteiger partial charge in [-0.15, -0.1) is 0 Å². The van der Waals surface area contributed by atoms with Gasteiger partial charge in [0.15, 0.2) is 12.2 Å². The Bertz CT molecular complexity index is 3200. The van der Waals surface area contributed by atoms with Crippen molar-refractivity contribution in [3.05, 3.63) is 166 Å². The quantitative estimate of drug-likeness (QED) is 0.154. The van der Waals surface area contributed by atoms with E-state index in [0.29, 0.717) is 46.8 Å². The van der Waals surface area contributed by atoms with Gasteiger partial charge >= 0.3 is 0 Å². The van der Waals surface area contributed by atoms with Gasteiger partial charge in [-0.25, -0.2) is 9.97 Å². The molecule has 14 heteroatoms. The van der Waals surface area contributed by atoms with Crippen molar-refractivity contribution in [2.24, 2.45) is 0 Å². The van der Waals surface area contributed by atoms with E-state index < -0.39 is 12.2 Å². The van der Waals surface area contributed by atoms with Crippen LogP contribution in [0.3, 0.4) is 0 Å². The first-order valence-electron chi connectivity index (χ1n) is 28.3. The molecular formula is C64H66Cl2N8O4. The molecule has 2 atom stereocenters. The molecule has 2 amide bonds. The molecule has 4 aliphatic heterocycles. The maximum absolute atomic E-state index is 13.6. The first-order chi connectivity index (χ1) is 38.3. The smallest absolute Gasteiger partial charge is 0.264 e. The number of benzene rings is 4. The summed E-state index contributed by atoms with van der Waals surface area (Å²) in [5.41, 5.74) is 10.4. The fourth-order valence-electron chi connectivity index (χ4n) is 13.7. The van der Waals surface area contributed by atoms with Gasteiger partial charge in [-0.1, -0.05) is 83.9 Å². The molecule has 6 aliphatic rings. The maximum atomic E-state index is 13.6. The maximum Gasteiger partial charge on any atom is 0.264 e. The van der Waals surface area contributed by atoms with E-state index in [0.717, 1.165) is 119 Å². The molecule has 8 aromatic rings. The third-order valence-corrected chi connectivity index (χ3v) is 18.3. The first kappa shape index (κ1) is 50.8. The molecule has 2 saturated heterocycles. The van der Waals surface area contributed by atoms with Gasteiger partial charge in [0, 0.05) is 145 Å². The number of halogens is 2. The molecule has 0 radical (unpaired) electrons. The Hall–Kier alpha value is -6.70. The molecule has 0 spiro atoms. The minimum atomic E-state index is -0.506. The van der Waals surface area contributed by atoms with E-state index >= 15 is 0 Å². The Morgan fingerprint density at radius 1 is 0.474 bits per heavy atom. The molecule has 8 heterocycles. The van der Waals surface area contributed by atoms with E-state index in [1.165, 1.54) is 62.5 Å². The molecule has 400 valence electrons. The normalized spacial score (nSPS) is 23.5. The second kappa shape index (κ2) is 22.2. The Balaban J connectivity index is 0.000000148. The highest BCUT2D eigenvalue weighted by Gasteiger charge is 2.39. The van der Waals surface area contributed by atoms with Crippen LogP contribution in [0.1, 0.15) is 85.5 Å². The Kier molecular flexibility index (Phi) is 14.5. The van der Waals surface area contributed by atoms with Crippen molar-refractivity contribution in [2.45, 2.75) is 100 Å². The number of carbonyl (C=O) groups excluding carboxylic acids is 2.